The summed E-state index contributed by atoms with van der Waals surface area (Å²) in [7, 11) is 0. The molecule has 10 rings (SSSR count). The molecule has 2 aliphatic carbocycles. The van der Waals surface area contributed by atoms with E-state index < -0.39 is 5.41 Å². The Morgan fingerprint density at radius 1 is 0.320 bits per heavy atom. The standard InChI is InChI=1S/C46H30N4/c1-4-14-30(15-5-1)43-48-44(31-16-6-2-7-17-31)50-45(49-43)32-24-26-37-35-20-10-12-22-39(35)46(41(37)28-32)40-23-13-11-21-36(40)38-27-25-34(29-42(38)46)47-33-18-8-3-9-19-33/h1-29,47H. The summed E-state index contributed by atoms with van der Waals surface area (Å²) in [6, 6.07) is 62.1. The summed E-state index contributed by atoms with van der Waals surface area (Å²) in [5.74, 6) is 1.96. The van der Waals surface area contributed by atoms with Gasteiger partial charge in [0.1, 0.15) is 0 Å². The smallest absolute Gasteiger partial charge is 0.164 e. The van der Waals surface area contributed by atoms with Crippen molar-refractivity contribution in [2.45, 2.75) is 5.41 Å². The molecule has 4 nitrogen and oxygen atoms in total. The molecule has 0 aliphatic heterocycles. The number of aromatic nitrogens is 3. The lowest BCUT2D eigenvalue weighted by atomic mass is 9.70. The van der Waals surface area contributed by atoms with E-state index in [4.69, 9.17) is 15.0 Å². The quantitative estimate of drug-likeness (QED) is 0.204. The van der Waals surface area contributed by atoms with Crippen LogP contribution < -0.4 is 5.32 Å². The van der Waals surface area contributed by atoms with Gasteiger partial charge in [-0.05, 0) is 74.8 Å². The van der Waals surface area contributed by atoms with Crippen LogP contribution in [0.25, 0.3) is 56.4 Å². The topological polar surface area (TPSA) is 50.7 Å². The summed E-state index contributed by atoms with van der Waals surface area (Å²) >= 11 is 0. The Labute approximate surface area is 290 Å². The zero-order chi connectivity index (χ0) is 33.1. The van der Waals surface area contributed by atoms with E-state index in [0.29, 0.717) is 17.5 Å². The van der Waals surface area contributed by atoms with E-state index >= 15 is 0 Å². The predicted molar refractivity (Wildman–Crippen MR) is 202 cm³/mol. The number of anilines is 2. The molecule has 1 unspecified atom stereocenters. The van der Waals surface area contributed by atoms with Crippen LogP contribution in [0.2, 0.25) is 0 Å². The molecule has 8 aromatic rings. The molecule has 0 radical (unpaired) electrons. The summed E-state index contributed by atoms with van der Waals surface area (Å²) in [6.45, 7) is 0. The first-order valence-electron chi connectivity index (χ1n) is 17.0. The van der Waals surface area contributed by atoms with Gasteiger partial charge >= 0.3 is 0 Å². The van der Waals surface area contributed by atoms with Crippen LogP contribution in [0.5, 0.6) is 0 Å². The fraction of sp³-hybridized carbons (Fsp3) is 0.0217. The van der Waals surface area contributed by atoms with Gasteiger partial charge in [-0.25, -0.2) is 15.0 Å². The van der Waals surface area contributed by atoms with Crippen molar-refractivity contribution >= 4 is 11.4 Å². The fourth-order valence-electron chi connectivity index (χ4n) is 7.98. The van der Waals surface area contributed by atoms with Crippen LogP contribution in [0.4, 0.5) is 11.4 Å². The van der Waals surface area contributed by atoms with Crippen molar-refractivity contribution in [3.05, 3.63) is 198 Å². The van der Waals surface area contributed by atoms with Crippen LogP contribution in [0.15, 0.2) is 176 Å². The van der Waals surface area contributed by atoms with Crippen LogP contribution in [0.3, 0.4) is 0 Å². The molecule has 4 heteroatoms. The molecule has 0 bridgehead atoms. The van der Waals surface area contributed by atoms with E-state index in [1.54, 1.807) is 0 Å². The molecule has 234 valence electrons. The molecule has 1 N–H and O–H groups in total. The van der Waals surface area contributed by atoms with E-state index in [2.05, 4.69) is 139 Å². The Kier molecular flexibility index (Phi) is 6.36. The highest BCUT2D eigenvalue weighted by Gasteiger charge is 2.51. The maximum absolute atomic E-state index is 5.11. The summed E-state index contributed by atoms with van der Waals surface area (Å²) in [5, 5.41) is 3.67. The highest BCUT2D eigenvalue weighted by molar-refractivity contribution is 5.96. The maximum Gasteiger partial charge on any atom is 0.164 e. The van der Waals surface area contributed by atoms with Gasteiger partial charge in [-0.3, -0.25) is 0 Å². The second-order valence-electron chi connectivity index (χ2n) is 12.9. The van der Waals surface area contributed by atoms with E-state index in [9.17, 15) is 0 Å². The van der Waals surface area contributed by atoms with Crippen molar-refractivity contribution in [3.8, 4) is 56.4 Å². The minimum absolute atomic E-state index is 0.514. The van der Waals surface area contributed by atoms with Gasteiger partial charge < -0.3 is 5.32 Å². The molecular formula is C46H30N4. The zero-order valence-corrected chi connectivity index (χ0v) is 27.1. The summed E-state index contributed by atoms with van der Waals surface area (Å²) in [4.78, 5) is 15.2. The van der Waals surface area contributed by atoms with Crippen molar-refractivity contribution < 1.29 is 0 Å². The third kappa shape index (κ3) is 4.28. The van der Waals surface area contributed by atoms with Crippen molar-refractivity contribution in [1.29, 1.82) is 0 Å². The Bertz CT molecular complexity index is 2490. The third-order valence-corrected chi connectivity index (χ3v) is 10.1. The number of nitrogens with zero attached hydrogens (tertiary/aromatic N) is 3. The first-order chi connectivity index (χ1) is 24.8. The Morgan fingerprint density at radius 3 is 1.34 bits per heavy atom. The van der Waals surface area contributed by atoms with Crippen LogP contribution in [-0.2, 0) is 5.41 Å². The zero-order valence-electron chi connectivity index (χ0n) is 27.1. The molecule has 1 aromatic heterocycles. The van der Waals surface area contributed by atoms with Gasteiger partial charge in [0.05, 0.1) is 5.41 Å². The fourth-order valence-corrected chi connectivity index (χ4v) is 7.98. The largest absolute Gasteiger partial charge is 0.356 e. The number of para-hydroxylation sites is 1. The minimum Gasteiger partial charge on any atom is -0.356 e. The first-order valence-corrected chi connectivity index (χ1v) is 17.0. The Balaban J connectivity index is 1.22. The van der Waals surface area contributed by atoms with E-state index in [1.165, 1.54) is 44.5 Å². The van der Waals surface area contributed by atoms with Gasteiger partial charge in [-0.15, -0.1) is 0 Å². The summed E-state index contributed by atoms with van der Waals surface area (Å²) in [5.41, 5.74) is 14.6. The normalized spacial score (nSPS) is 14.9. The molecule has 1 spiro atoms. The lowest BCUT2D eigenvalue weighted by Crippen LogP contribution is -2.26. The van der Waals surface area contributed by atoms with Crippen LogP contribution in [0, 0.1) is 0 Å². The molecule has 0 fully saturated rings. The lowest BCUT2D eigenvalue weighted by molar-refractivity contribution is 0.794. The molecule has 0 amide bonds. The van der Waals surface area contributed by atoms with Crippen molar-refractivity contribution in [3.63, 3.8) is 0 Å². The predicted octanol–water partition coefficient (Wildman–Crippen LogP) is 11.0. The molecule has 50 heavy (non-hydrogen) atoms. The lowest BCUT2D eigenvalue weighted by Gasteiger charge is -2.31. The SMILES string of the molecule is c1ccc(Nc2ccc3c(c2)C2(c4ccccc4-3)c3ccccc3-c3ccc(-c4nc(-c5ccccc5)nc(-c5ccccc5)n4)cc32)cc1. The number of rotatable bonds is 5. The van der Waals surface area contributed by atoms with Gasteiger partial charge in [0.2, 0.25) is 0 Å². The van der Waals surface area contributed by atoms with Gasteiger partial charge in [0, 0.05) is 28.1 Å². The number of nitrogens with one attached hydrogen (secondary N) is 1. The average Bonchev–Trinajstić information content (AvgIpc) is 3.65. The van der Waals surface area contributed by atoms with Gasteiger partial charge in [-0.1, -0.05) is 146 Å². The Morgan fingerprint density at radius 2 is 0.760 bits per heavy atom. The number of hydrogen-bond donors (Lipinski definition) is 1. The highest BCUT2D eigenvalue weighted by atomic mass is 15.0. The summed E-state index contributed by atoms with van der Waals surface area (Å²) in [6.07, 6.45) is 0. The number of benzene rings is 7. The number of fused-ring (bicyclic) bond motifs is 10. The van der Waals surface area contributed by atoms with E-state index in [1.807, 2.05) is 42.5 Å². The molecule has 1 heterocycles. The van der Waals surface area contributed by atoms with Gasteiger partial charge in [0.25, 0.3) is 0 Å². The number of hydrogen-bond acceptors (Lipinski definition) is 4. The van der Waals surface area contributed by atoms with Crippen LogP contribution in [0.1, 0.15) is 22.3 Å². The molecular weight excluding hydrogens is 609 g/mol. The second-order valence-corrected chi connectivity index (χ2v) is 12.9. The monoisotopic (exact) mass is 638 g/mol. The molecule has 0 saturated heterocycles. The van der Waals surface area contributed by atoms with Crippen molar-refractivity contribution in [1.82, 2.24) is 15.0 Å². The van der Waals surface area contributed by atoms with Crippen molar-refractivity contribution in [2.75, 3.05) is 5.32 Å². The van der Waals surface area contributed by atoms with Gasteiger partial charge in [0.15, 0.2) is 17.5 Å². The summed E-state index contributed by atoms with van der Waals surface area (Å²) < 4.78 is 0. The first kappa shape index (κ1) is 28.4. The van der Waals surface area contributed by atoms with E-state index in [-0.39, 0.29) is 0 Å². The van der Waals surface area contributed by atoms with Gasteiger partial charge in [-0.2, -0.15) is 0 Å². The minimum atomic E-state index is -0.514. The highest BCUT2D eigenvalue weighted by Crippen LogP contribution is 2.63. The molecule has 1 atom stereocenters. The molecule has 0 saturated carbocycles. The molecule has 7 aromatic carbocycles. The van der Waals surface area contributed by atoms with Crippen molar-refractivity contribution in [2.24, 2.45) is 0 Å². The van der Waals surface area contributed by atoms with Crippen LogP contribution >= 0.6 is 0 Å². The maximum atomic E-state index is 5.11. The average molecular weight is 639 g/mol. The second kappa shape index (κ2) is 11.2. The van der Waals surface area contributed by atoms with E-state index in [0.717, 1.165) is 28.1 Å². The van der Waals surface area contributed by atoms with Crippen LogP contribution in [-0.4, -0.2) is 15.0 Å². The molecule has 2 aliphatic rings. The Hall–Kier alpha value is -6.65. The third-order valence-electron chi connectivity index (χ3n) is 10.1.